The predicted molar refractivity (Wildman–Crippen MR) is 110 cm³/mol. The minimum Gasteiger partial charge on any atom is -0.372 e. The molecule has 0 unspecified atom stereocenters. The number of fused-ring (bicyclic) bond motifs is 2. The van der Waals surface area contributed by atoms with E-state index in [1.807, 2.05) is 12.1 Å². The first-order valence-corrected chi connectivity index (χ1v) is 11.0. The van der Waals surface area contributed by atoms with Crippen LogP contribution in [-0.4, -0.2) is 38.4 Å². The summed E-state index contributed by atoms with van der Waals surface area (Å²) in [4.78, 5) is 0. The summed E-state index contributed by atoms with van der Waals surface area (Å²) in [5.74, 6) is -0.166. The van der Waals surface area contributed by atoms with Crippen LogP contribution in [0.25, 0.3) is 0 Å². The van der Waals surface area contributed by atoms with E-state index < -0.39 is 0 Å². The Hall–Kier alpha value is -1.86. The Bertz CT molecular complexity index is 825. The third kappa shape index (κ3) is 3.78. The van der Waals surface area contributed by atoms with Gasteiger partial charge in [-0.25, -0.2) is 8.78 Å². The Kier molecular flexibility index (Phi) is 5.83. The molecule has 0 amide bonds. The number of hydrogen-bond donors (Lipinski definition) is 2. The average molecular weight is 414 g/mol. The van der Waals surface area contributed by atoms with Crippen LogP contribution in [-0.2, 0) is 22.3 Å². The normalized spacial score (nSPS) is 29.4. The summed E-state index contributed by atoms with van der Waals surface area (Å²) in [6.07, 6.45) is 3.76. The summed E-state index contributed by atoms with van der Waals surface area (Å²) in [6, 6.07) is 11.4. The molecule has 4 heterocycles. The molecule has 0 bridgehead atoms. The SMILES string of the molecule is Fc1cccc2c1CCO[C@@H]2[C@H]1CCN1.Fc1cccc2c1CCO[C@H]2[C@H]1CCN1. The van der Waals surface area contributed by atoms with Crippen molar-refractivity contribution < 1.29 is 18.3 Å². The third-order valence-corrected chi connectivity index (χ3v) is 6.68. The van der Waals surface area contributed by atoms with E-state index in [1.54, 1.807) is 12.1 Å². The summed E-state index contributed by atoms with van der Waals surface area (Å²) in [5, 5.41) is 6.66. The van der Waals surface area contributed by atoms with Gasteiger partial charge < -0.3 is 20.1 Å². The molecule has 2 fully saturated rings. The van der Waals surface area contributed by atoms with Gasteiger partial charge in [0.05, 0.1) is 25.4 Å². The summed E-state index contributed by atoms with van der Waals surface area (Å²) in [7, 11) is 0. The zero-order chi connectivity index (χ0) is 20.5. The van der Waals surface area contributed by atoms with E-state index in [4.69, 9.17) is 9.47 Å². The van der Waals surface area contributed by atoms with E-state index in [-0.39, 0.29) is 23.8 Å². The van der Waals surface area contributed by atoms with Crippen molar-refractivity contribution in [3.8, 4) is 0 Å². The second kappa shape index (κ2) is 8.71. The lowest BCUT2D eigenvalue weighted by Gasteiger charge is -2.38. The highest BCUT2D eigenvalue weighted by molar-refractivity contribution is 5.34. The van der Waals surface area contributed by atoms with E-state index in [0.29, 0.717) is 38.1 Å². The first kappa shape index (κ1) is 20.1. The smallest absolute Gasteiger partial charge is 0.126 e. The van der Waals surface area contributed by atoms with Gasteiger partial charge in [0.1, 0.15) is 11.6 Å². The van der Waals surface area contributed by atoms with E-state index in [0.717, 1.165) is 48.2 Å². The average Bonchev–Trinajstić information content (AvgIpc) is 2.68. The van der Waals surface area contributed by atoms with Gasteiger partial charge in [0.15, 0.2) is 0 Å². The lowest BCUT2D eigenvalue weighted by molar-refractivity contribution is -0.00234. The molecule has 2 N–H and O–H groups in total. The van der Waals surface area contributed by atoms with Crippen molar-refractivity contribution in [1.29, 1.82) is 0 Å². The fraction of sp³-hybridized carbons (Fsp3) is 0.500. The highest BCUT2D eigenvalue weighted by atomic mass is 19.1. The molecule has 6 rings (SSSR count). The van der Waals surface area contributed by atoms with Gasteiger partial charge in [-0.3, -0.25) is 0 Å². The number of nitrogens with one attached hydrogen (secondary N) is 2. The van der Waals surface area contributed by atoms with Crippen LogP contribution in [0.1, 0.15) is 47.3 Å². The fourth-order valence-electron chi connectivity index (χ4n) is 4.77. The molecular weight excluding hydrogens is 386 g/mol. The minimum absolute atomic E-state index is 0.0539. The van der Waals surface area contributed by atoms with Gasteiger partial charge in [-0.2, -0.15) is 0 Å². The Morgan fingerprint density at radius 3 is 1.50 bits per heavy atom. The van der Waals surface area contributed by atoms with E-state index in [2.05, 4.69) is 10.6 Å². The molecular formula is C24H28F2N2O2. The Balaban J connectivity index is 0.000000128. The van der Waals surface area contributed by atoms with Gasteiger partial charge in [-0.15, -0.1) is 0 Å². The highest BCUT2D eigenvalue weighted by Crippen LogP contribution is 2.35. The summed E-state index contributed by atoms with van der Waals surface area (Å²) < 4.78 is 38.6. The molecule has 0 radical (unpaired) electrons. The van der Waals surface area contributed by atoms with Crippen molar-refractivity contribution in [3.63, 3.8) is 0 Å². The Morgan fingerprint density at radius 1 is 0.700 bits per heavy atom. The van der Waals surface area contributed by atoms with Crippen LogP contribution >= 0.6 is 0 Å². The number of hydrogen-bond acceptors (Lipinski definition) is 4. The van der Waals surface area contributed by atoms with Gasteiger partial charge in [0.25, 0.3) is 0 Å². The molecule has 2 aromatic carbocycles. The van der Waals surface area contributed by atoms with E-state index in [9.17, 15) is 8.78 Å². The maximum atomic E-state index is 13.6. The molecule has 0 spiro atoms. The first-order chi connectivity index (χ1) is 14.7. The second-order valence-corrected chi connectivity index (χ2v) is 8.40. The molecule has 4 atom stereocenters. The van der Waals surface area contributed by atoms with Crippen molar-refractivity contribution in [2.45, 2.75) is 50.0 Å². The summed E-state index contributed by atoms with van der Waals surface area (Å²) in [5.41, 5.74) is 3.78. The molecule has 0 saturated carbocycles. The van der Waals surface area contributed by atoms with Crippen LogP contribution in [0.4, 0.5) is 8.78 Å². The fourth-order valence-corrected chi connectivity index (χ4v) is 4.77. The third-order valence-electron chi connectivity index (χ3n) is 6.68. The molecule has 6 heteroatoms. The number of halogens is 2. The topological polar surface area (TPSA) is 42.5 Å². The largest absolute Gasteiger partial charge is 0.372 e. The zero-order valence-electron chi connectivity index (χ0n) is 17.0. The van der Waals surface area contributed by atoms with Crippen molar-refractivity contribution in [3.05, 3.63) is 70.3 Å². The second-order valence-electron chi connectivity index (χ2n) is 8.40. The lowest BCUT2D eigenvalue weighted by atomic mass is 9.89. The monoisotopic (exact) mass is 414 g/mol. The molecule has 2 aromatic rings. The maximum absolute atomic E-state index is 13.6. The van der Waals surface area contributed by atoms with Crippen molar-refractivity contribution in [2.75, 3.05) is 26.3 Å². The number of ether oxygens (including phenoxy) is 2. The van der Waals surface area contributed by atoms with Gasteiger partial charge in [0, 0.05) is 12.1 Å². The summed E-state index contributed by atoms with van der Waals surface area (Å²) >= 11 is 0. The van der Waals surface area contributed by atoms with Crippen LogP contribution in [0.3, 0.4) is 0 Å². The maximum Gasteiger partial charge on any atom is 0.126 e. The molecule has 2 saturated heterocycles. The van der Waals surface area contributed by atoms with Gasteiger partial charge in [0.2, 0.25) is 0 Å². The molecule has 0 aliphatic carbocycles. The zero-order valence-corrected chi connectivity index (χ0v) is 17.0. The van der Waals surface area contributed by atoms with Gasteiger partial charge in [-0.1, -0.05) is 24.3 Å². The van der Waals surface area contributed by atoms with Crippen LogP contribution in [0.2, 0.25) is 0 Å². The van der Waals surface area contributed by atoms with Crippen molar-refractivity contribution in [2.24, 2.45) is 0 Å². The van der Waals surface area contributed by atoms with Crippen LogP contribution < -0.4 is 10.6 Å². The molecule has 30 heavy (non-hydrogen) atoms. The Labute approximate surface area is 176 Å². The highest BCUT2D eigenvalue weighted by Gasteiger charge is 2.34. The molecule has 160 valence electrons. The number of rotatable bonds is 2. The van der Waals surface area contributed by atoms with E-state index in [1.165, 1.54) is 12.1 Å². The minimum atomic E-state index is -0.0832. The van der Waals surface area contributed by atoms with Crippen LogP contribution in [0.15, 0.2) is 36.4 Å². The standard InChI is InChI=1S/2C12H14FNO/c2*13-10-3-1-2-9-8(10)5-7-15-12(9)11-4-6-14-11/h2*1-3,11-12,14H,4-7H2/t11-,12+;11-,12-/m11/s1. The van der Waals surface area contributed by atoms with Crippen LogP contribution in [0.5, 0.6) is 0 Å². The van der Waals surface area contributed by atoms with Crippen molar-refractivity contribution in [1.82, 2.24) is 10.6 Å². The molecule has 4 nitrogen and oxygen atoms in total. The summed E-state index contributed by atoms with van der Waals surface area (Å²) in [6.45, 7) is 3.37. The van der Waals surface area contributed by atoms with Crippen LogP contribution in [0, 0.1) is 11.6 Å². The lowest BCUT2D eigenvalue weighted by Crippen LogP contribution is -2.48. The Morgan fingerprint density at radius 2 is 1.13 bits per heavy atom. The number of benzene rings is 2. The molecule has 4 aliphatic rings. The quantitative estimate of drug-likeness (QED) is 0.788. The predicted octanol–water partition coefficient (Wildman–Crippen LogP) is 3.60. The van der Waals surface area contributed by atoms with Gasteiger partial charge >= 0.3 is 0 Å². The molecule has 4 aliphatic heterocycles. The van der Waals surface area contributed by atoms with Gasteiger partial charge in [-0.05, 0) is 73.2 Å². The van der Waals surface area contributed by atoms with E-state index >= 15 is 0 Å². The first-order valence-electron chi connectivity index (χ1n) is 11.0. The van der Waals surface area contributed by atoms with Crippen molar-refractivity contribution >= 4 is 0 Å². The molecule has 0 aromatic heterocycles.